The molecule has 1 unspecified atom stereocenters. The van der Waals surface area contributed by atoms with E-state index in [9.17, 15) is 9.90 Å². The maximum Gasteiger partial charge on any atom is 0.228 e. The Morgan fingerprint density at radius 1 is 1.29 bits per heavy atom. The van der Waals surface area contributed by atoms with Gasteiger partial charge in [-0.25, -0.2) is 0 Å². The van der Waals surface area contributed by atoms with Crippen molar-refractivity contribution in [3.8, 4) is 0 Å². The Balaban J connectivity index is 2.26. The third-order valence-electron chi connectivity index (χ3n) is 3.86. The van der Waals surface area contributed by atoms with E-state index in [1.807, 2.05) is 20.8 Å². The number of β-amino-alcohol motifs (C(OH)–C–C–N with tert-alkyl or cyclic N) is 1. The van der Waals surface area contributed by atoms with Gasteiger partial charge in [-0.15, -0.1) is 0 Å². The molecule has 0 aliphatic carbocycles. The van der Waals surface area contributed by atoms with E-state index >= 15 is 0 Å². The van der Waals surface area contributed by atoms with Gasteiger partial charge in [0.15, 0.2) is 0 Å². The van der Waals surface area contributed by atoms with Crippen LogP contribution in [0.5, 0.6) is 0 Å². The highest BCUT2D eigenvalue weighted by Crippen LogP contribution is 2.36. The van der Waals surface area contributed by atoms with Crippen molar-refractivity contribution in [3.05, 3.63) is 33.8 Å². The van der Waals surface area contributed by atoms with Gasteiger partial charge in [-0.1, -0.05) is 50.0 Å². The number of carbonyl (C=O) groups excluding carboxylic acids is 1. The van der Waals surface area contributed by atoms with Crippen LogP contribution in [0.2, 0.25) is 10.0 Å². The van der Waals surface area contributed by atoms with Crippen molar-refractivity contribution in [2.75, 3.05) is 13.1 Å². The number of amides is 1. The lowest BCUT2D eigenvalue weighted by Gasteiger charge is -2.41. The number of hydrogen-bond donors (Lipinski definition) is 1. The SMILES string of the molecule is CC(C)(C)C(=O)N1CCCC(O)(c2ccc(Cl)c(Cl)c2)C1. The zero-order valence-electron chi connectivity index (χ0n) is 12.6. The second-order valence-electron chi connectivity index (χ2n) is 6.74. The van der Waals surface area contributed by atoms with Gasteiger partial charge in [0.05, 0.1) is 16.6 Å². The first-order valence-electron chi connectivity index (χ1n) is 7.11. The van der Waals surface area contributed by atoms with Gasteiger partial charge in [0, 0.05) is 12.0 Å². The number of aliphatic hydroxyl groups is 1. The van der Waals surface area contributed by atoms with E-state index in [4.69, 9.17) is 23.2 Å². The fourth-order valence-corrected chi connectivity index (χ4v) is 3.00. The molecule has 1 heterocycles. The number of halogens is 2. The largest absolute Gasteiger partial charge is 0.383 e. The van der Waals surface area contributed by atoms with Crippen LogP contribution in [-0.4, -0.2) is 29.0 Å². The second kappa shape index (κ2) is 5.79. The minimum absolute atomic E-state index is 0.0562. The summed E-state index contributed by atoms with van der Waals surface area (Å²) in [6, 6.07) is 5.15. The quantitative estimate of drug-likeness (QED) is 0.850. The molecule has 1 aromatic carbocycles. The van der Waals surface area contributed by atoms with Gasteiger partial charge < -0.3 is 10.0 Å². The lowest BCUT2D eigenvalue weighted by molar-refractivity contribution is -0.147. The first kappa shape index (κ1) is 16.6. The molecule has 1 aliphatic heterocycles. The zero-order chi connectivity index (χ0) is 15.8. The highest BCUT2D eigenvalue weighted by molar-refractivity contribution is 6.42. The highest BCUT2D eigenvalue weighted by atomic mass is 35.5. The van der Waals surface area contributed by atoms with Crippen LogP contribution >= 0.6 is 23.2 Å². The molecule has 0 saturated carbocycles. The first-order chi connectivity index (χ1) is 9.63. The maximum absolute atomic E-state index is 12.4. The molecule has 1 fully saturated rings. The number of hydrogen-bond acceptors (Lipinski definition) is 2. The lowest BCUT2D eigenvalue weighted by atomic mass is 9.84. The molecule has 0 spiro atoms. The first-order valence-corrected chi connectivity index (χ1v) is 7.86. The Morgan fingerprint density at radius 3 is 2.52 bits per heavy atom. The Hall–Kier alpha value is -0.770. The summed E-state index contributed by atoms with van der Waals surface area (Å²) in [7, 11) is 0. The number of carbonyl (C=O) groups is 1. The van der Waals surface area contributed by atoms with Gasteiger partial charge in [-0.05, 0) is 30.5 Å². The third kappa shape index (κ3) is 3.53. The van der Waals surface area contributed by atoms with Crippen molar-refractivity contribution in [2.45, 2.75) is 39.2 Å². The molecule has 1 aromatic rings. The van der Waals surface area contributed by atoms with Crippen LogP contribution in [0.15, 0.2) is 18.2 Å². The van der Waals surface area contributed by atoms with Crippen LogP contribution in [0.3, 0.4) is 0 Å². The van der Waals surface area contributed by atoms with Crippen LogP contribution < -0.4 is 0 Å². The summed E-state index contributed by atoms with van der Waals surface area (Å²) in [6.45, 7) is 6.65. The van der Waals surface area contributed by atoms with E-state index in [0.29, 0.717) is 35.1 Å². The molecular formula is C16H21Cl2NO2. The molecule has 1 aliphatic rings. The minimum atomic E-state index is -1.06. The number of benzene rings is 1. The van der Waals surface area contributed by atoms with E-state index in [-0.39, 0.29) is 5.91 Å². The van der Waals surface area contributed by atoms with Crippen molar-refractivity contribution >= 4 is 29.1 Å². The van der Waals surface area contributed by atoms with Crippen LogP contribution in [-0.2, 0) is 10.4 Å². The summed E-state index contributed by atoms with van der Waals surface area (Å²) in [6.07, 6.45) is 1.37. The van der Waals surface area contributed by atoms with Crippen molar-refractivity contribution in [2.24, 2.45) is 5.41 Å². The van der Waals surface area contributed by atoms with Crippen molar-refractivity contribution in [1.29, 1.82) is 0 Å². The zero-order valence-corrected chi connectivity index (χ0v) is 14.1. The molecule has 21 heavy (non-hydrogen) atoms. The van der Waals surface area contributed by atoms with E-state index in [0.717, 1.165) is 6.42 Å². The van der Waals surface area contributed by atoms with Crippen LogP contribution in [0.4, 0.5) is 0 Å². The van der Waals surface area contributed by atoms with Crippen LogP contribution in [0.25, 0.3) is 0 Å². The number of rotatable bonds is 1. The summed E-state index contributed by atoms with van der Waals surface area (Å²) in [5.41, 5.74) is -0.799. The molecule has 116 valence electrons. The van der Waals surface area contributed by atoms with E-state index in [1.54, 1.807) is 23.1 Å². The summed E-state index contributed by atoms with van der Waals surface area (Å²) < 4.78 is 0. The number of piperidine rings is 1. The molecule has 3 nitrogen and oxygen atoms in total. The Bertz CT molecular complexity index is 554. The number of likely N-dealkylation sites (tertiary alicyclic amines) is 1. The summed E-state index contributed by atoms with van der Waals surface area (Å²) in [4.78, 5) is 14.2. The fourth-order valence-electron chi connectivity index (χ4n) is 2.71. The van der Waals surface area contributed by atoms with Crippen LogP contribution in [0, 0.1) is 5.41 Å². The molecule has 1 N–H and O–H groups in total. The summed E-state index contributed by atoms with van der Waals surface area (Å²) in [5.74, 6) is 0.0562. The molecule has 0 bridgehead atoms. The van der Waals surface area contributed by atoms with E-state index < -0.39 is 11.0 Å². The summed E-state index contributed by atoms with van der Waals surface area (Å²) >= 11 is 12.0. The Kier molecular flexibility index (Phi) is 4.57. The van der Waals surface area contributed by atoms with Crippen LogP contribution in [0.1, 0.15) is 39.2 Å². The molecule has 1 atom stereocenters. The Morgan fingerprint density at radius 2 is 1.95 bits per heavy atom. The molecular weight excluding hydrogens is 309 g/mol. The second-order valence-corrected chi connectivity index (χ2v) is 7.56. The monoisotopic (exact) mass is 329 g/mol. The normalized spacial score (nSPS) is 23.2. The molecule has 1 saturated heterocycles. The average Bonchev–Trinajstić information content (AvgIpc) is 2.40. The predicted molar refractivity (Wildman–Crippen MR) is 85.6 cm³/mol. The van der Waals surface area contributed by atoms with Gasteiger partial charge in [0.25, 0.3) is 0 Å². The Labute approximate surface area is 135 Å². The average molecular weight is 330 g/mol. The maximum atomic E-state index is 12.4. The molecule has 5 heteroatoms. The van der Waals surface area contributed by atoms with Gasteiger partial charge in [0.1, 0.15) is 5.60 Å². The number of nitrogens with zero attached hydrogens (tertiary/aromatic N) is 1. The van der Waals surface area contributed by atoms with E-state index in [2.05, 4.69) is 0 Å². The van der Waals surface area contributed by atoms with Crippen molar-refractivity contribution in [3.63, 3.8) is 0 Å². The topological polar surface area (TPSA) is 40.5 Å². The van der Waals surface area contributed by atoms with Crippen molar-refractivity contribution < 1.29 is 9.90 Å². The lowest BCUT2D eigenvalue weighted by Crippen LogP contribution is -2.51. The molecule has 0 radical (unpaired) electrons. The van der Waals surface area contributed by atoms with Gasteiger partial charge in [-0.2, -0.15) is 0 Å². The fraction of sp³-hybridized carbons (Fsp3) is 0.562. The van der Waals surface area contributed by atoms with Crippen molar-refractivity contribution in [1.82, 2.24) is 4.90 Å². The van der Waals surface area contributed by atoms with Gasteiger partial charge in [-0.3, -0.25) is 4.79 Å². The summed E-state index contributed by atoms with van der Waals surface area (Å²) in [5, 5.41) is 11.8. The smallest absolute Gasteiger partial charge is 0.228 e. The molecule has 1 amide bonds. The van der Waals surface area contributed by atoms with Gasteiger partial charge in [0.2, 0.25) is 5.91 Å². The molecule has 2 rings (SSSR count). The standard InChI is InChI=1S/C16H21Cl2NO2/c1-15(2,3)14(20)19-8-4-7-16(21,10-19)11-5-6-12(17)13(18)9-11/h5-6,9,21H,4,7-8,10H2,1-3H3. The predicted octanol–water partition coefficient (Wildman–Crippen LogP) is 3.85. The van der Waals surface area contributed by atoms with Gasteiger partial charge >= 0.3 is 0 Å². The molecule has 0 aromatic heterocycles. The van der Waals surface area contributed by atoms with E-state index in [1.165, 1.54) is 0 Å². The highest BCUT2D eigenvalue weighted by Gasteiger charge is 2.39. The minimum Gasteiger partial charge on any atom is -0.383 e. The third-order valence-corrected chi connectivity index (χ3v) is 4.60.